The van der Waals surface area contributed by atoms with E-state index in [0.717, 1.165) is 18.0 Å². The monoisotopic (exact) mass is 251 g/mol. The van der Waals surface area contributed by atoms with Crippen molar-refractivity contribution < 1.29 is 4.74 Å². The fourth-order valence-electron chi connectivity index (χ4n) is 2.00. The van der Waals surface area contributed by atoms with Crippen LogP contribution in [0, 0.1) is 0 Å². The van der Waals surface area contributed by atoms with Crippen molar-refractivity contribution in [3.63, 3.8) is 0 Å². The molecule has 0 aliphatic rings. The highest BCUT2D eigenvalue weighted by Crippen LogP contribution is 2.10. The van der Waals surface area contributed by atoms with Crippen molar-refractivity contribution in [1.29, 1.82) is 0 Å². The van der Waals surface area contributed by atoms with Gasteiger partial charge in [0, 0.05) is 25.2 Å². The number of rotatable bonds is 7. The van der Waals surface area contributed by atoms with Gasteiger partial charge in [0.2, 0.25) is 0 Å². The lowest BCUT2D eigenvalue weighted by Crippen LogP contribution is -2.39. The Morgan fingerprint density at radius 2 is 1.89 bits per heavy atom. The molecule has 0 spiro atoms. The molecule has 4 nitrogen and oxygen atoms in total. The molecule has 0 atom stereocenters. The van der Waals surface area contributed by atoms with Gasteiger partial charge in [-0.3, -0.25) is 9.88 Å². The zero-order valence-corrected chi connectivity index (χ0v) is 11.9. The molecular formula is C14H25N3O. The molecule has 4 heteroatoms. The van der Waals surface area contributed by atoms with Gasteiger partial charge in [-0.2, -0.15) is 0 Å². The maximum absolute atomic E-state index is 5.69. The van der Waals surface area contributed by atoms with Crippen molar-refractivity contribution >= 4 is 0 Å². The van der Waals surface area contributed by atoms with Gasteiger partial charge in [-0.1, -0.05) is 0 Å². The number of hydrogen-bond acceptors (Lipinski definition) is 4. The predicted molar refractivity (Wildman–Crippen MR) is 74.6 cm³/mol. The van der Waals surface area contributed by atoms with Crippen LogP contribution in [-0.4, -0.2) is 35.1 Å². The first kappa shape index (κ1) is 14.9. The Morgan fingerprint density at radius 3 is 2.33 bits per heavy atom. The van der Waals surface area contributed by atoms with Gasteiger partial charge in [-0.05, 0) is 39.8 Å². The molecule has 0 aliphatic heterocycles. The standard InChI is InChI=1S/C14H25N3O/c1-11(2)17(12(3)4)7-8-18-14-6-5-13(9-15)16-10-14/h5-6,10-12H,7-9,15H2,1-4H3. The predicted octanol–water partition coefficient (Wildman–Crippen LogP) is 2.04. The number of pyridine rings is 1. The largest absolute Gasteiger partial charge is 0.491 e. The fourth-order valence-corrected chi connectivity index (χ4v) is 2.00. The Labute approximate surface area is 110 Å². The third-order valence-electron chi connectivity index (χ3n) is 2.95. The van der Waals surface area contributed by atoms with E-state index in [4.69, 9.17) is 10.5 Å². The van der Waals surface area contributed by atoms with Crippen molar-refractivity contribution in [2.24, 2.45) is 5.73 Å². The second kappa shape index (κ2) is 7.34. The molecule has 1 aromatic rings. The van der Waals surface area contributed by atoms with E-state index in [-0.39, 0.29) is 0 Å². The highest BCUT2D eigenvalue weighted by Gasteiger charge is 2.12. The molecule has 0 saturated heterocycles. The minimum Gasteiger partial charge on any atom is -0.491 e. The molecule has 0 fully saturated rings. The summed E-state index contributed by atoms with van der Waals surface area (Å²) in [6, 6.07) is 4.89. The minimum absolute atomic E-state index is 0.467. The zero-order chi connectivity index (χ0) is 13.5. The summed E-state index contributed by atoms with van der Waals surface area (Å²) in [5.41, 5.74) is 6.38. The van der Waals surface area contributed by atoms with Gasteiger partial charge in [0.05, 0.1) is 11.9 Å². The number of aromatic nitrogens is 1. The SMILES string of the molecule is CC(C)N(CCOc1ccc(CN)nc1)C(C)C. The molecule has 18 heavy (non-hydrogen) atoms. The molecule has 1 rings (SSSR count). The molecule has 0 radical (unpaired) electrons. The maximum Gasteiger partial charge on any atom is 0.137 e. The zero-order valence-electron chi connectivity index (χ0n) is 11.9. The molecule has 1 heterocycles. The van der Waals surface area contributed by atoms with Crippen molar-refractivity contribution in [2.75, 3.05) is 13.2 Å². The Kier molecular flexibility index (Phi) is 6.09. The second-order valence-electron chi connectivity index (χ2n) is 4.96. The lowest BCUT2D eigenvalue weighted by Gasteiger charge is -2.30. The van der Waals surface area contributed by atoms with E-state index in [1.165, 1.54) is 0 Å². The van der Waals surface area contributed by atoms with E-state index in [2.05, 4.69) is 37.6 Å². The fraction of sp³-hybridized carbons (Fsp3) is 0.643. The molecule has 0 bridgehead atoms. The summed E-state index contributed by atoms with van der Waals surface area (Å²) < 4.78 is 5.69. The average molecular weight is 251 g/mol. The average Bonchev–Trinajstić information content (AvgIpc) is 2.34. The van der Waals surface area contributed by atoms with Crippen LogP contribution in [0.15, 0.2) is 18.3 Å². The molecule has 0 saturated carbocycles. The van der Waals surface area contributed by atoms with Gasteiger partial charge in [-0.25, -0.2) is 0 Å². The van der Waals surface area contributed by atoms with Crippen LogP contribution in [-0.2, 0) is 6.54 Å². The Balaban J connectivity index is 2.40. The number of ether oxygens (including phenoxy) is 1. The van der Waals surface area contributed by atoms with Gasteiger partial charge in [0.15, 0.2) is 0 Å². The van der Waals surface area contributed by atoms with Crippen LogP contribution in [0.25, 0.3) is 0 Å². The summed E-state index contributed by atoms with van der Waals surface area (Å²) in [6.45, 7) is 10.9. The lowest BCUT2D eigenvalue weighted by atomic mass is 10.2. The molecule has 2 N–H and O–H groups in total. The first-order chi connectivity index (χ1) is 8.54. The van der Waals surface area contributed by atoms with Gasteiger partial charge in [0.25, 0.3) is 0 Å². The van der Waals surface area contributed by atoms with E-state index in [1.807, 2.05) is 12.1 Å². The van der Waals surface area contributed by atoms with Crippen LogP contribution >= 0.6 is 0 Å². The molecular weight excluding hydrogens is 226 g/mol. The number of nitrogens with two attached hydrogens (primary N) is 1. The third kappa shape index (κ3) is 4.63. The van der Waals surface area contributed by atoms with Crippen LogP contribution in [0.5, 0.6) is 5.75 Å². The van der Waals surface area contributed by atoms with Crippen LogP contribution in [0.3, 0.4) is 0 Å². The van der Waals surface area contributed by atoms with Crippen molar-refractivity contribution in [2.45, 2.75) is 46.3 Å². The second-order valence-corrected chi connectivity index (χ2v) is 4.96. The van der Waals surface area contributed by atoms with Crippen molar-refractivity contribution in [3.05, 3.63) is 24.0 Å². The molecule has 0 unspecified atom stereocenters. The summed E-state index contributed by atoms with van der Waals surface area (Å²) in [6.07, 6.45) is 1.73. The van der Waals surface area contributed by atoms with Gasteiger partial charge < -0.3 is 10.5 Å². The van der Waals surface area contributed by atoms with Crippen LogP contribution in [0.1, 0.15) is 33.4 Å². The van der Waals surface area contributed by atoms with Crippen LogP contribution in [0.4, 0.5) is 0 Å². The van der Waals surface area contributed by atoms with Gasteiger partial charge in [-0.15, -0.1) is 0 Å². The maximum atomic E-state index is 5.69. The number of hydrogen-bond donors (Lipinski definition) is 1. The van der Waals surface area contributed by atoms with Gasteiger partial charge >= 0.3 is 0 Å². The molecule has 0 aromatic carbocycles. The lowest BCUT2D eigenvalue weighted by molar-refractivity contribution is 0.142. The minimum atomic E-state index is 0.467. The first-order valence-corrected chi connectivity index (χ1v) is 6.58. The highest BCUT2D eigenvalue weighted by atomic mass is 16.5. The van der Waals surface area contributed by atoms with E-state index in [1.54, 1.807) is 6.20 Å². The summed E-state index contributed by atoms with van der Waals surface area (Å²) in [7, 11) is 0. The smallest absolute Gasteiger partial charge is 0.137 e. The van der Waals surface area contributed by atoms with E-state index in [9.17, 15) is 0 Å². The summed E-state index contributed by atoms with van der Waals surface area (Å²) in [5, 5.41) is 0. The Bertz CT molecular complexity index is 327. The Hall–Kier alpha value is -1.13. The van der Waals surface area contributed by atoms with Crippen LogP contribution in [0.2, 0.25) is 0 Å². The van der Waals surface area contributed by atoms with Crippen molar-refractivity contribution in [3.8, 4) is 5.75 Å². The molecule has 1 aromatic heterocycles. The van der Waals surface area contributed by atoms with Gasteiger partial charge in [0.1, 0.15) is 12.4 Å². The summed E-state index contributed by atoms with van der Waals surface area (Å²) in [5.74, 6) is 0.805. The van der Waals surface area contributed by atoms with Crippen molar-refractivity contribution in [1.82, 2.24) is 9.88 Å². The van der Waals surface area contributed by atoms with Crippen LogP contribution < -0.4 is 10.5 Å². The topological polar surface area (TPSA) is 51.4 Å². The Morgan fingerprint density at radius 1 is 1.22 bits per heavy atom. The summed E-state index contributed by atoms with van der Waals surface area (Å²) in [4.78, 5) is 6.61. The summed E-state index contributed by atoms with van der Waals surface area (Å²) >= 11 is 0. The molecule has 102 valence electrons. The van der Waals surface area contributed by atoms with E-state index >= 15 is 0 Å². The third-order valence-corrected chi connectivity index (χ3v) is 2.95. The highest BCUT2D eigenvalue weighted by molar-refractivity contribution is 5.19. The quantitative estimate of drug-likeness (QED) is 0.805. The first-order valence-electron chi connectivity index (χ1n) is 6.58. The normalized spacial score (nSPS) is 11.6. The molecule has 0 amide bonds. The van der Waals surface area contributed by atoms with E-state index < -0.39 is 0 Å². The molecule has 0 aliphatic carbocycles. The van der Waals surface area contributed by atoms with E-state index in [0.29, 0.717) is 25.2 Å². The number of nitrogens with zero attached hydrogens (tertiary/aromatic N) is 2.